The predicted octanol–water partition coefficient (Wildman–Crippen LogP) is 5.58. The maximum absolute atomic E-state index is 14.2. The quantitative estimate of drug-likeness (QED) is 0.422. The highest BCUT2D eigenvalue weighted by molar-refractivity contribution is 7.79. The summed E-state index contributed by atoms with van der Waals surface area (Å²) in [5.41, 5.74) is 0.637. The zero-order valence-electron chi connectivity index (χ0n) is 19.4. The molecule has 1 amide bonds. The van der Waals surface area contributed by atoms with E-state index < -0.39 is 28.5 Å². The van der Waals surface area contributed by atoms with Gasteiger partial charge in [0.15, 0.2) is 0 Å². The van der Waals surface area contributed by atoms with Gasteiger partial charge >= 0.3 is 5.97 Å². The van der Waals surface area contributed by atoms with Crippen molar-refractivity contribution < 1.29 is 23.5 Å². The van der Waals surface area contributed by atoms with Gasteiger partial charge in [-0.3, -0.25) is 13.8 Å². The Bertz CT molecular complexity index is 1120. The molecular formula is C26H28Cl2NO5S-. The average molecular weight is 537 g/mol. The number of piperidine rings is 1. The molecule has 2 aliphatic rings. The third kappa shape index (κ3) is 5.91. The number of carbonyl (C=O) groups is 2. The van der Waals surface area contributed by atoms with Crippen molar-refractivity contribution in [2.24, 2.45) is 11.3 Å². The summed E-state index contributed by atoms with van der Waals surface area (Å²) >= 11 is 10.3. The fraction of sp³-hybridized carbons (Fsp3) is 0.462. The highest BCUT2D eigenvalue weighted by atomic mass is 35.5. The van der Waals surface area contributed by atoms with Crippen LogP contribution in [0.2, 0.25) is 10.0 Å². The summed E-state index contributed by atoms with van der Waals surface area (Å²) in [5.74, 6) is -1.40. The molecule has 1 heterocycles. The number of aliphatic carboxylic acids is 1. The smallest absolute Gasteiger partial charge is 0.304 e. The monoisotopic (exact) mass is 536 g/mol. The lowest BCUT2D eigenvalue weighted by Gasteiger charge is -2.52. The molecule has 2 aromatic carbocycles. The number of amides is 1. The van der Waals surface area contributed by atoms with E-state index in [0.717, 1.165) is 24.0 Å². The highest BCUT2D eigenvalue weighted by Gasteiger charge is 2.54. The molecule has 6 nitrogen and oxygen atoms in total. The summed E-state index contributed by atoms with van der Waals surface area (Å²) in [5, 5.41) is 10.8. The molecule has 0 aromatic heterocycles. The van der Waals surface area contributed by atoms with Crippen molar-refractivity contribution in [2.45, 2.75) is 57.0 Å². The van der Waals surface area contributed by atoms with Crippen LogP contribution in [0.4, 0.5) is 0 Å². The van der Waals surface area contributed by atoms with Crippen molar-refractivity contribution in [1.82, 2.24) is 4.90 Å². The van der Waals surface area contributed by atoms with Gasteiger partial charge in [0.2, 0.25) is 5.91 Å². The first kappa shape index (κ1) is 26.1. The summed E-state index contributed by atoms with van der Waals surface area (Å²) in [6.07, 6.45) is 2.14. The van der Waals surface area contributed by atoms with Crippen LogP contribution in [-0.2, 0) is 20.7 Å². The zero-order valence-corrected chi connectivity index (χ0v) is 21.7. The third-order valence-electron chi connectivity index (χ3n) is 7.24. The second kappa shape index (κ2) is 10.6. The molecule has 2 aromatic rings. The molecule has 0 radical (unpaired) electrons. The van der Waals surface area contributed by atoms with Gasteiger partial charge in [-0.15, -0.1) is 0 Å². The summed E-state index contributed by atoms with van der Waals surface area (Å²) in [7, 11) is 0. The van der Waals surface area contributed by atoms with Crippen molar-refractivity contribution in [2.75, 3.05) is 5.75 Å². The Morgan fingerprint density at radius 2 is 1.86 bits per heavy atom. The minimum absolute atomic E-state index is 0.0598. The second-order valence-corrected chi connectivity index (χ2v) is 11.8. The molecule has 35 heavy (non-hydrogen) atoms. The normalized spacial score (nSPS) is 26.4. The molecule has 0 bridgehead atoms. The van der Waals surface area contributed by atoms with Gasteiger partial charge in [-0.25, -0.2) is 0 Å². The first-order chi connectivity index (χ1) is 16.6. The maximum Gasteiger partial charge on any atom is 0.304 e. The highest BCUT2D eigenvalue weighted by Crippen LogP contribution is 2.54. The summed E-state index contributed by atoms with van der Waals surface area (Å²) in [6, 6.07) is 14.1. The molecule has 1 aliphatic carbocycles. The van der Waals surface area contributed by atoms with Gasteiger partial charge in [0.25, 0.3) is 0 Å². The van der Waals surface area contributed by atoms with E-state index in [-0.39, 0.29) is 36.0 Å². The van der Waals surface area contributed by atoms with E-state index >= 15 is 0 Å². The Hall–Kier alpha value is -1.93. The number of nitrogens with zero attached hydrogens (tertiary/aromatic N) is 1. The first-order valence-electron chi connectivity index (χ1n) is 11.7. The summed E-state index contributed by atoms with van der Waals surface area (Å²) < 4.78 is 23.0. The van der Waals surface area contributed by atoms with E-state index in [2.05, 4.69) is 0 Å². The number of hydrogen-bond acceptors (Lipinski definition) is 4. The summed E-state index contributed by atoms with van der Waals surface area (Å²) in [6.45, 7) is 1.71. The number of rotatable bonds is 9. The van der Waals surface area contributed by atoms with E-state index in [1.54, 1.807) is 25.1 Å². The fourth-order valence-electron chi connectivity index (χ4n) is 5.54. The van der Waals surface area contributed by atoms with Gasteiger partial charge in [-0.05, 0) is 67.0 Å². The van der Waals surface area contributed by atoms with Crippen molar-refractivity contribution in [3.05, 3.63) is 69.7 Å². The van der Waals surface area contributed by atoms with Crippen molar-refractivity contribution >= 4 is 46.2 Å². The molecule has 9 heteroatoms. The molecule has 4 rings (SSSR count). The van der Waals surface area contributed by atoms with Crippen molar-refractivity contribution in [1.29, 1.82) is 0 Å². The van der Waals surface area contributed by atoms with Crippen LogP contribution in [0.1, 0.15) is 62.1 Å². The van der Waals surface area contributed by atoms with Crippen LogP contribution in [0.5, 0.6) is 0 Å². The van der Waals surface area contributed by atoms with Crippen molar-refractivity contribution in [3.63, 3.8) is 0 Å². The molecule has 1 saturated carbocycles. The molecule has 2 fully saturated rings. The van der Waals surface area contributed by atoms with Gasteiger partial charge in [0.05, 0.1) is 17.9 Å². The molecule has 188 valence electrons. The number of carboxylic acids is 1. The minimum Gasteiger partial charge on any atom is -0.772 e. The molecule has 5 atom stereocenters. The number of benzene rings is 2. The fourth-order valence-corrected chi connectivity index (χ4v) is 6.30. The Balaban J connectivity index is 1.89. The maximum atomic E-state index is 14.2. The van der Waals surface area contributed by atoms with Crippen LogP contribution >= 0.6 is 23.2 Å². The van der Waals surface area contributed by atoms with Gasteiger partial charge in [0, 0.05) is 27.8 Å². The Labute approximate surface area is 217 Å². The third-order valence-corrected chi connectivity index (χ3v) is 8.29. The van der Waals surface area contributed by atoms with Crippen molar-refractivity contribution in [3.8, 4) is 0 Å². The second-order valence-electron chi connectivity index (χ2n) is 9.91. The Morgan fingerprint density at radius 3 is 2.43 bits per heavy atom. The lowest BCUT2D eigenvalue weighted by atomic mass is 9.67. The molecule has 1 aliphatic heterocycles. The Morgan fingerprint density at radius 1 is 1.17 bits per heavy atom. The molecule has 1 N–H and O–H groups in total. The standard InChI is InChI=1S/C26H29Cl2NO5S/c1-26(15-23(30)31)14-21(18-3-2-4-20(28)13-18)24(17-7-9-19(27)10-8-17)29(25(26)32)22(16-5-6-16)11-12-35(33)34/h2-4,7-10,13,16,21-22,24H,5-6,11-12,14-15H2,1H3,(H,30,31)(H,33,34)/p-1. The van der Waals surface area contributed by atoms with E-state index in [4.69, 9.17) is 23.2 Å². The first-order valence-corrected chi connectivity index (χ1v) is 13.7. The van der Waals surface area contributed by atoms with Gasteiger partial charge in [-0.2, -0.15) is 0 Å². The zero-order chi connectivity index (χ0) is 25.3. The van der Waals surface area contributed by atoms with E-state index in [1.165, 1.54) is 0 Å². The molecule has 5 unspecified atom stereocenters. The van der Waals surface area contributed by atoms with E-state index in [1.807, 2.05) is 35.2 Å². The van der Waals surface area contributed by atoms with Gasteiger partial charge < -0.3 is 14.6 Å². The largest absolute Gasteiger partial charge is 0.772 e. The number of hydrogen-bond donors (Lipinski definition) is 1. The van der Waals surface area contributed by atoms with Crippen LogP contribution in [0, 0.1) is 11.3 Å². The van der Waals surface area contributed by atoms with Crippen LogP contribution in [0.25, 0.3) is 0 Å². The van der Waals surface area contributed by atoms with E-state index in [9.17, 15) is 23.5 Å². The van der Waals surface area contributed by atoms with Gasteiger partial charge in [0.1, 0.15) is 0 Å². The van der Waals surface area contributed by atoms with Crippen LogP contribution in [-0.4, -0.2) is 42.4 Å². The molecule has 0 spiro atoms. The van der Waals surface area contributed by atoms with Crippen LogP contribution < -0.4 is 0 Å². The lowest BCUT2D eigenvalue weighted by Crippen LogP contribution is -2.57. The molecule has 1 saturated heterocycles. The number of likely N-dealkylation sites (tertiary alicyclic amines) is 1. The lowest BCUT2D eigenvalue weighted by molar-refractivity contribution is -0.161. The van der Waals surface area contributed by atoms with Crippen LogP contribution in [0.3, 0.4) is 0 Å². The molecular weight excluding hydrogens is 509 g/mol. The number of carboxylic acid groups (broad SMARTS) is 1. The SMILES string of the molecule is CC1(CC(=O)O)CC(c2cccc(Cl)c2)C(c2ccc(Cl)cc2)N(C(CCS(=O)[O-])C2CC2)C1=O. The predicted molar refractivity (Wildman–Crippen MR) is 135 cm³/mol. The number of halogens is 2. The summed E-state index contributed by atoms with van der Waals surface area (Å²) in [4.78, 5) is 27.8. The van der Waals surface area contributed by atoms with Crippen LogP contribution in [0.15, 0.2) is 48.5 Å². The Kier molecular flexibility index (Phi) is 7.91. The van der Waals surface area contributed by atoms with Gasteiger partial charge in [-0.1, -0.05) is 65.5 Å². The topological polar surface area (TPSA) is 97.7 Å². The average Bonchev–Trinajstić information content (AvgIpc) is 3.62. The van der Waals surface area contributed by atoms with E-state index in [0.29, 0.717) is 22.9 Å². The minimum atomic E-state index is -2.24. The number of carbonyl (C=O) groups excluding carboxylic acids is 1.